The summed E-state index contributed by atoms with van der Waals surface area (Å²) >= 11 is 0. The molecule has 0 amide bonds. The van der Waals surface area contributed by atoms with Gasteiger partial charge >= 0.3 is 0 Å². The summed E-state index contributed by atoms with van der Waals surface area (Å²) in [4.78, 5) is 14.2. The monoisotopic (exact) mass is 191 g/mol. The minimum Gasteiger partial charge on any atom is -0.456 e. The number of carbonyl (C=O) groups excluding carboxylic acids is 1. The van der Waals surface area contributed by atoms with Gasteiger partial charge in [-0.2, -0.15) is 0 Å². The number of aromatic nitrogens is 1. The first kappa shape index (κ1) is 8.74. The smallest absolute Gasteiger partial charge is 0.263 e. The third-order valence-electron chi connectivity index (χ3n) is 1.79. The maximum absolute atomic E-state index is 10.2. The van der Waals surface area contributed by atoms with Crippen molar-refractivity contribution in [3.63, 3.8) is 0 Å². The van der Waals surface area contributed by atoms with Crippen LogP contribution in [-0.4, -0.2) is 11.3 Å². The SMILES string of the molecule is Cc1ccc(-c2ncc(CC=O)o2)o1. The quantitative estimate of drug-likeness (QED) is 0.696. The zero-order valence-electron chi connectivity index (χ0n) is 7.69. The van der Waals surface area contributed by atoms with E-state index in [2.05, 4.69) is 4.98 Å². The first-order valence-corrected chi connectivity index (χ1v) is 4.25. The molecule has 0 saturated carbocycles. The summed E-state index contributed by atoms with van der Waals surface area (Å²) in [5.74, 6) is 2.34. The highest BCUT2D eigenvalue weighted by atomic mass is 16.4. The highest BCUT2D eigenvalue weighted by Gasteiger charge is 2.09. The van der Waals surface area contributed by atoms with Crippen molar-refractivity contribution in [1.29, 1.82) is 0 Å². The van der Waals surface area contributed by atoms with Crippen molar-refractivity contribution in [2.45, 2.75) is 13.3 Å². The van der Waals surface area contributed by atoms with Crippen molar-refractivity contribution in [2.75, 3.05) is 0 Å². The molecule has 0 unspecified atom stereocenters. The van der Waals surface area contributed by atoms with Gasteiger partial charge in [-0.15, -0.1) is 0 Å². The van der Waals surface area contributed by atoms with Crippen molar-refractivity contribution < 1.29 is 13.6 Å². The normalized spacial score (nSPS) is 10.4. The van der Waals surface area contributed by atoms with E-state index in [9.17, 15) is 4.79 Å². The second-order valence-corrected chi connectivity index (χ2v) is 2.91. The second kappa shape index (κ2) is 3.49. The summed E-state index contributed by atoms with van der Waals surface area (Å²) in [6.45, 7) is 1.85. The Morgan fingerprint density at radius 1 is 1.43 bits per heavy atom. The molecule has 0 aliphatic heterocycles. The summed E-state index contributed by atoms with van der Waals surface area (Å²) in [6.07, 6.45) is 2.55. The van der Waals surface area contributed by atoms with E-state index >= 15 is 0 Å². The molecule has 0 N–H and O–H groups in total. The summed E-state index contributed by atoms with van der Waals surface area (Å²) < 4.78 is 10.6. The van der Waals surface area contributed by atoms with Crippen molar-refractivity contribution in [3.8, 4) is 11.7 Å². The fourth-order valence-electron chi connectivity index (χ4n) is 1.15. The Morgan fingerprint density at radius 2 is 2.29 bits per heavy atom. The van der Waals surface area contributed by atoms with Crippen molar-refractivity contribution in [1.82, 2.24) is 4.98 Å². The van der Waals surface area contributed by atoms with Crippen molar-refractivity contribution >= 4 is 6.29 Å². The number of furan rings is 1. The minimum atomic E-state index is 0.243. The molecule has 2 aromatic heterocycles. The molecule has 0 bridgehead atoms. The van der Waals surface area contributed by atoms with E-state index in [0.29, 0.717) is 17.4 Å². The lowest BCUT2D eigenvalue weighted by Crippen LogP contribution is -1.79. The van der Waals surface area contributed by atoms with Crippen LogP contribution in [-0.2, 0) is 11.2 Å². The Morgan fingerprint density at radius 3 is 2.93 bits per heavy atom. The highest BCUT2D eigenvalue weighted by Crippen LogP contribution is 2.21. The average Bonchev–Trinajstić information content (AvgIpc) is 2.74. The lowest BCUT2D eigenvalue weighted by molar-refractivity contribution is -0.107. The summed E-state index contributed by atoms with van der Waals surface area (Å²) in [7, 11) is 0. The van der Waals surface area contributed by atoms with Crippen LogP contribution in [0.25, 0.3) is 11.7 Å². The number of carbonyl (C=O) groups is 1. The van der Waals surface area contributed by atoms with Crippen LogP contribution in [0.4, 0.5) is 0 Å². The van der Waals surface area contributed by atoms with Crippen molar-refractivity contribution in [3.05, 3.63) is 29.9 Å². The second-order valence-electron chi connectivity index (χ2n) is 2.91. The van der Waals surface area contributed by atoms with E-state index in [1.807, 2.05) is 13.0 Å². The van der Waals surface area contributed by atoms with Gasteiger partial charge in [-0.25, -0.2) is 4.98 Å². The molecule has 0 fully saturated rings. The first-order valence-electron chi connectivity index (χ1n) is 4.25. The molecule has 2 aromatic rings. The fourth-order valence-corrected chi connectivity index (χ4v) is 1.15. The molecular weight excluding hydrogens is 182 g/mol. The number of aryl methyl sites for hydroxylation is 1. The number of aldehydes is 1. The molecule has 72 valence electrons. The van der Waals surface area contributed by atoms with E-state index < -0.39 is 0 Å². The van der Waals surface area contributed by atoms with Gasteiger partial charge in [-0.1, -0.05) is 0 Å². The molecule has 4 heteroatoms. The van der Waals surface area contributed by atoms with Gasteiger partial charge in [0.25, 0.3) is 5.89 Å². The lowest BCUT2D eigenvalue weighted by atomic mass is 10.4. The maximum Gasteiger partial charge on any atom is 0.263 e. The Bertz CT molecular complexity index is 442. The predicted octanol–water partition coefficient (Wildman–Crippen LogP) is 1.98. The fraction of sp³-hybridized carbons (Fsp3) is 0.200. The van der Waals surface area contributed by atoms with Crippen LogP contribution in [0.2, 0.25) is 0 Å². The largest absolute Gasteiger partial charge is 0.456 e. The maximum atomic E-state index is 10.2. The molecule has 2 rings (SSSR count). The Kier molecular flexibility index (Phi) is 2.18. The summed E-state index contributed by atoms with van der Waals surface area (Å²) in [5.41, 5.74) is 0. The third-order valence-corrected chi connectivity index (χ3v) is 1.79. The number of nitrogens with zero attached hydrogens (tertiary/aromatic N) is 1. The number of hydrogen-bond donors (Lipinski definition) is 0. The Balaban J connectivity index is 2.28. The van der Waals surface area contributed by atoms with Crippen LogP contribution >= 0.6 is 0 Å². The van der Waals surface area contributed by atoms with Crippen LogP contribution in [0.1, 0.15) is 11.5 Å². The van der Waals surface area contributed by atoms with Gasteiger partial charge in [-0.05, 0) is 19.1 Å². The standard InChI is InChI=1S/C10H9NO3/c1-7-2-3-9(13-7)10-11-6-8(14-10)4-5-12/h2-3,5-6H,4H2,1H3. The van der Waals surface area contributed by atoms with Gasteiger partial charge in [0.15, 0.2) is 5.76 Å². The summed E-state index contributed by atoms with van der Waals surface area (Å²) in [5, 5.41) is 0. The molecule has 0 aliphatic carbocycles. The van der Waals surface area contributed by atoms with Gasteiger partial charge in [0.1, 0.15) is 17.8 Å². The van der Waals surface area contributed by atoms with E-state index in [1.165, 1.54) is 6.20 Å². The number of hydrogen-bond acceptors (Lipinski definition) is 4. The lowest BCUT2D eigenvalue weighted by Gasteiger charge is -1.87. The third kappa shape index (κ3) is 1.59. The van der Waals surface area contributed by atoms with E-state index in [-0.39, 0.29) is 6.42 Å². The molecule has 2 heterocycles. The van der Waals surface area contributed by atoms with E-state index in [4.69, 9.17) is 8.83 Å². The molecular formula is C10H9NO3. The predicted molar refractivity (Wildman–Crippen MR) is 48.7 cm³/mol. The van der Waals surface area contributed by atoms with Crippen LogP contribution in [0.15, 0.2) is 27.2 Å². The zero-order valence-corrected chi connectivity index (χ0v) is 7.69. The number of rotatable bonds is 3. The minimum absolute atomic E-state index is 0.243. The van der Waals surface area contributed by atoms with Crippen LogP contribution in [0.5, 0.6) is 0 Å². The summed E-state index contributed by atoms with van der Waals surface area (Å²) in [6, 6.07) is 3.62. The van der Waals surface area contributed by atoms with Gasteiger partial charge in [0, 0.05) is 0 Å². The van der Waals surface area contributed by atoms with Crippen LogP contribution in [0.3, 0.4) is 0 Å². The highest BCUT2D eigenvalue weighted by molar-refractivity contribution is 5.53. The van der Waals surface area contributed by atoms with Crippen LogP contribution < -0.4 is 0 Å². The molecule has 0 aromatic carbocycles. The zero-order chi connectivity index (χ0) is 9.97. The molecule has 4 nitrogen and oxygen atoms in total. The van der Waals surface area contributed by atoms with Gasteiger partial charge in [0.05, 0.1) is 12.6 Å². The molecule has 0 saturated heterocycles. The van der Waals surface area contributed by atoms with Crippen molar-refractivity contribution in [2.24, 2.45) is 0 Å². The van der Waals surface area contributed by atoms with E-state index in [1.54, 1.807) is 6.07 Å². The molecule has 0 spiro atoms. The molecule has 0 atom stereocenters. The molecule has 14 heavy (non-hydrogen) atoms. The Labute approximate surface area is 80.6 Å². The Hall–Kier alpha value is -1.84. The number of oxazole rings is 1. The average molecular weight is 191 g/mol. The molecule has 0 aliphatic rings. The van der Waals surface area contributed by atoms with Gasteiger partial charge < -0.3 is 13.6 Å². The van der Waals surface area contributed by atoms with E-state index in [0.717, 1.165) is 12.0 Å². The first-order chi connectivity index (χ1) is 6.79. The van der Waals surface area contributed by atoms with Gasteiger partial charge in [-0.3, -0.25) is 0 Å². The topological polar surface area (TPSA) is 56.2 Å². The molecule has 0 radical (unpaired) electrons. The van der Waals surface area contributed by atoms with Crippen LogP contribution in [0, 0.1) is 6.92 Å². The van der Waals surface area contributed by atoms with Gasteiger partial charge in [0.2, 0.25) is 0 Å².